The minimum absolute atomic E-state index is 0.0585. The minimum atomic E-state index is -0.649. The minimum Gasteiger partial charge on any atom is -0.382 e. The van der Waals surface area contributed by atoms with E-state index >= 15 is 0 Å². The second-order valence-electron chi connectivity index (χ2n) is 9.66. The Hall–Kier alpha value is -3.67. The van der Waals surface area contributed by atoms with E-state index in [-0.39, 0.29) is 11.3 Å². The molecule has 2 heterocycles. The van der Waals surface area contributed by atoms with E-state index in [1.165, 1.54) is 0 Å². The third kappa shape index (κ3) is 3.96. The van der Waals surface area contributed by atoms with Crippen molar-refractivity contribution in [1.29, 1.82) is 0 Å². The average molecular weight is 428 g/mol. The number of amides is 1. The number of aromatic amines is 1. The molecule has 4 N–H and O–H groups in total. The predicted molar refractivity (Wildman–Crippen MR) is 131 cm³/mol. The van der Waals surface area contributed by atoms with Gasteiger partial charge in [-0.05, 0) is 48.7 Å². The van der Waals surface area contributed by atoms with Crippen molar-refractivity contribution >= 4 is 28.4 Å². The monoisotopic (exact) mass is 427 g/mol. The zero-order valence-electron chi connectivity index (χ0n) is 19.2. The topological polar surface area (TPSA) is 96.7 Å². The highest BCUT2D eigenvalue weighted by atomic mass is 16.2. The number of rotatable bonds is 4. The summed E-state index contributed by atoms with van der Waals surface area (Å²) >= 11 is 0. The smallest absolute Gasteiger partial charge is 0.234 e. The lowest BCUT2D eigenvalue weighted by atomic mass is 9.83. The van der Waals surface area contributed by atoms with Gasteiger partial charge in [0.2, 0.25) is 5.91 Å². The van der Waals surface area contributed by atoms with Gasteiger partial charge in [0.05, 0.1) is 10.8 Å². The van der Waals surface area contributed by atoms with Gasteiger partial charge in [-0.2, -0.15) is 5.10 Å². The van der Waals surface area contributed by atoms with Gasteiger partial charge in [0.1, 0.15) is 0 Å². The standard InChI is InChI=1S/C26H29N5O/c1-25(2,3)20-15-19(21-22(27)30-31-23(21)29-20)16-11-13-18(14-12-16)28-24(32)26(4,5)17-9-7-6-8-10-17/h6-15H,1-5H3,(H,28,32)(H3,27,29,30,31). The fourth-order valence-corrected chi connectivity index (χ4v) is 3.67. The quantitative estimate of drug-likeness (QED) is 0.405. The van der Waals surface area contributed by atoms with Gasteiger partial charge in [-0.3, -0.25) is 9.89 Å². The summed E-state index contributed by atoms with van der Waals surface area (Å²) in [6, 6.07) is 19.6. The summed E-state index contributed by atoms with van der Waals surface area (Å²) in [7, 11) is 0. The Morgan fingerprint density at radius 2 is 1.62 bits per heavy atom. The fraction of sp³-hybridized carbons (Fsp3) is 0.269. The van der Waals surface area contributed by atoms with Crippen LogP contribution >= 0.6 is 0 Å². The Labute approximate surface area is 188 Å². The number of benzene rings is 2. The van der Waals surface area contributed by atoms with Crippen LogP contribution in [0.1, 0.15) is 45.9 Å². The molecule has 164 valence electrons. The summed E-state index contributed by atoms with van der Waals surface area (Å²) < 4.78 is 0. The second-order valence-corrected chi connectivity index (χ2v) is 9.66. The summed E-state index contributed by atoms with van der Waals surface area (Å²) in [6.07, 6.45) is 0. The van der Waals surface area contributed by atoms with Crippen LogP contribution in [0.3, 0.4) is 0 Å². The van der Waals surface area contributed by atoms with E-state index in [1.54, 1.807) is 0 Å². The van der Waals surface area contributed by atoms with E-state index in [4.69, 9.17) is 10.7 Å². The van der Waals surface area contributed by atoms with Crippen molar-refractivity contribution in [2.75, 3.05) is 11.1 Å². The van der Waals surface area contributed by atoms with Gasteiger partial charge in [-0.1, -0.05) is 63.2 Å². The van der Waals surface area contributed by atoms with Crippen LogP contribution in [-0.2, 0) is 15.6 Å². The van der Waals surface area contributed by atoms with Crippen LogP contribution in [0.2, 0.25) is 0 Å². The van der Waals surface area contributed by atoms with Crippen LogP contribution in [0.5, 0.6) is 0 Å². The van der Waals surface area contributed by atoms with Crippen LogP contribution in [0.4, 0.5) is 11.5 Å². The van der Waals surface area contributed by atoms with Gasteiger partial charge < -0.3 is 11.1 Å². The molecule has 4 aromatic rings. The number of nitrogens with two attached hydrogens (primary N) is 1. The zero-order valence-corrected chi connectivity index (χ0v) is 19.2. The lowest BCUT2D eigenvalue weighted by Crippen LogP contribution is -2.34. The molecule has 0 saturated heterocycles. The number of aromatic nitrogens is 3. The maximum atomic E-state index is 13.0. The summed E-state index contributed by atoms with van der Waals surface area (Å²) in [6.45, 7) is 10.2. The molecule has 0 fully saturated rings. The fourth-order valence-electron chi connectivity index (χ4n) is 3.67. The first-order chi connectivity index (χ1) is 15.1. The van der Waals surface area contributed by atoms with Gasteiger partial charge in [0, 0.05) is 16.8 Å². The van der Waals surface area contributed by atoms with E-state index in [1.807, 2.05) is 68.4 Å². The number of hydrogen-bond donors (Lipinski definition) is 3. The number of carbonyl (C=O) groups excluding carboxylic acids is 1. The van der Waals surface area contributed by atoms with Crippen LogP contribution in [0.15, 0.2) is 60.7 Å². The van der Waals surface area contributed by atoms with E-state index < -0.39 is 5.41 Å². The van der Waals surface area contributed by atoms with Crippen molar-refractivity contribution < 1.29 is 4.79 Å². The van der Waals surface area contributed by atoms with Crippen molar-refractivity contribution in [3.63, 3.8) is 0 Å². The maximum absolute atomic E-state index is 13.0. The number of fused-ring (bicyclic) bond motifs is 1. The third-order valence-electron chi connectivity index (χ3n) is 5.84. The van der Waals surface area contributed by atoms with Crippen LogP contribution in [0, 0.1) is 0 Å². The molecule has 0 atom stereocenters. The van der Waals surface area contributed by atoms with Crippen molar-refractivity contribution in [1.82, 2.24) is 15.2 Å². The Morgan fingerprint density at radius 3 is 2.25 bits per heavy atom. The SMILES string of the molecule is CC(C)(C)c1cc(-c2ccc(NC(=O)C(C)(C)c3ccccc3)cc2)c2c(N)n[nH]c2n1. The molecule has 6 heteroatoms. The molecule has 2 aromatic carbocycles. The Morgan fingerprint density at radius 1 is 0.969 bits per heavy atom. The molecular weight excluding hydrogens is 398 g/mol. The van der Waals surface area contributed by atoms with Gasteiger partial charge >= 0.3 is 0 Å². The number of anilines is 2. The molecule has 0 radical (unpaired) electrons. The molecule has 0 aliphatic heterocycles. The molecule has 1 amide bonds. The van der Waals surface area contributed by atoms with Gasteiger partial charge in [-0.15, -0.1) is 0 Å². The lowest BCUT2D eigenvalue weighted by molar-refractivity contribution is -0.120. The lowest BCUT2D eigenvalue weighted by Gasteiger charge is -2.24. The average Bonchev–Trinajstić information content (AvgIpc) is 3.14. The Balaban J connectivity index is 1.65. The highest BCUT2D eigenvalue weighted by molar-refractivity contribution is 6.01. The normalized spacial score (nSPS) is 12.2. The van der Waals surface area contributed by atoms with Crippen LogP contribution in [0.25, 0.3) is 22.2 Å². The molecule has 6 nitrogen and oxygen atoms in total. The molecule has 0 bridgehead atoms. The Kier molecular flexibility index (Phi) is 5.25. The second kappa shape index (κ2) is 7.79. The van der Waals surface area contributed by atoms with Gasteiger partial charge in [0.25, 0.3) is 0 Å². The van der Waals surface area contributed by atoms with Crippen molar-refractivity contribution in [2.24, 2.45) is 0 Å². The molecule has 2 aromatic heterocycles. The number of carbonyl (C=O) groups is 1. The summed E-state index contributed by atoms with van der Waals surface area (Å²) in [5.41, 5.74) is 10.6. The number of nitrogens with one attached hydrogen (secondary N) is 2. The molecule has 32 heavy (non-hydrogen) atoms. The van der Waals surface area contributed by atoms with Crippen molar-refractivity contribution in [3.8, 4) is 11.1 Å². The van der Waals surface area contributed by atoms with Gasteiger partial charge in [0.15, 0.2) is 11.5 Å². The first kappa shape index (κ1) is 21.6. The van der Waals surface area contributed by atoms with E-state index in [9.17, 15) is 4.79 Å². The van der Waals surface area contributed by atoms with Crippen molar-refractivity contribution in [3.05, 3.63) is 71.9 Å². The zero-order chi connectivity index (χ0) is 23.1. The molecule has 0 aliphatic rings. The number of nitrogen functional groups attached to an aromatic ring is 1. The molecule has 4 rings (SSSR count). The molecule has 0 saturated carbocycles. The number of H-pyrrole nitrogens is 1. The highest BCUT2D eigenvalue weighted by Gasteiger charge is 2.29. The number of hydrogen-bond acceptors (Lipinski definition) is 4. The summed E-state index contributed by atoms with van der Waals surface area (Å²) in [4.78, 5) is 17.7. The molecule has 0 spiro atoms. The number of pyridine rings is 1. The van der Waals surface area contributed by atoms with Gasteiger partial charge in [-0.25, -0.2) is 4.98 Å². The molecule has 0 unspecified atom stereocenters. The summed E-state index contributed by atoms with van der Waals surface area (Å²) in [5.74, 6) is 0.363. The largest absolute Gasteiger partial charge is 0.382 e. The first-order valence-corrected chi connectivity index (χ1v) is 10.7. The Bertz CT molecular complexity index is 1270. The molecule has 0 aliphatic carbocycles. The maximum Gasteiger partial charge on any atom is 0.234 e. The summed E-state index contributed by atoms with van der Waals surface area (Å²) in [5, 5.41) is 10.9. The number of nitrogens with zero attached hydrogens (tertiary/aromatic N) is 2. The van der Waals surface area contributed by atoms with E-state index in [0.29, 0.717) is 11.5 Å². The van der Waals surface area contributed by atoms with E-state index in [0.717, 1.165) is 33.5 Å². The first-order valence-electron chi connectivity index (χ1n) is 10.7. The van der Waals surface area contributed by atoms with Crippen LogP contribution < -0.4 is 11.1 Å². The van der Waals surface area contributed by atoms with Crippen molar-refractivity contribution in [2.45, 2.75) is 45.4 Å². The predicted octanol–water partition coefficient (Wildman–Crippen LogP) is 5.42. The highest BCUT2D eigenvalue weighted by Crippen LogP contribution is 2.35. The van der Waals surface area contributed by atoms with Crippen LogP contribution in [-0.4, -0.2) is 21.1 Å². The third-order valence-corrected chi connectivity index (χ3v) is 5.84. The van der Waals surface area contributed by atoms with E-state index in [2.05, 4.69) is 42.4 Å². The molecular formula is C26H29N5O.